The fourth-order valence-electron chi connectivity index (χ4n) is 6.64. The van der Waals surface area contributed by atoms with Gasteiger partial charge >= 0.3 is 0 Å². The summed E-state index contributed by atoms with van der Waals surface area (Å²) < 4.78 is 29.9. The highest BCUT2D eigenvalue weighted by Crippen LogP contribution is 2.44. The lowest BCUT2D eigenvalue weighted by Gasteiger charge is -2.42. The number of hydrogen-bond donors (Lipinski definition) is 2. The standard InChI is InChI=1S/C37H37F2N3O2/c1-22-11-15-30(19-24(22)3)41-36(43)31-21-26-20-27(38)14-18-33(26)42(37(44)34-23(2)7-6-10-32(34)39)35(31)25-12-16-29(17-13-25)40-28-8-4-5-9-28/h6-7,10-20,28,31,35,40H,4-5,8-9,21H2,1-3H3,(H,41,43)/t31-,35-/m0/s1. The molecule has 1 heterocycles. The molecule has 2 amide bonds. The Morgan fingerprint density at radius 3 is 2.23 bits per heavy atom. The normalized spacial score (nSPS) is 18.2. The summed E-state index contributed by atoms with van der Waals surface area (Å²) in [5.41, 5.74) is 5.88. The molecule has 1 aliphatic carbocycles. The van der Waals surface area contributed by atoms with Gasteiger partial charge < -0.3 is 10.6 Å². The minimum atomic E-state index is -0.782. The quantitative estimate of drug-likeness (QED) is 0.236. The van der Waals surface area contributed by atoms with Crippen LogP contribution in [0.25, 0.3) is 0 Å². The maximum atomic E-state index is 15.3. The predicted molar refractivity (Wildman–Crippen MR) is 171 cm³/mol. The third-order valence-electron chi connectivity index (χ3n) is 9.14. The summed E-state index contributed by atoms with van der Waals surface area (Å²) in [5, 5.41) is 6.64. The second-order valence-corrected chi connectivity index (χ2v) is 12.2. The lowest BCUT2D eigenvalue weighted by molar-refractivity contribution is -0.120. The van der Waals surface area contributed by atoms with E-state index in [1.807, 2.05) is 56.3 Å². The van der Waals surface area contributed by atoms with Gasteiger partial charge in [-0.1, -0.05) is 43.2 Å². The highest BCUT2D eigenvalue weighted by molar-refractivity contribution is 6.09. The lowest BCUT2D eigenvalue weighted by atomic mass is 9.80. The maximum absolute atomic E-state index is 15.3. The molecule has 226 valence electrons. The molecule has 0 saturated heterocycles. The smallest absolute Gasteiger partial charge is 0.262 e. The topological polar surface area (TPSA) is 61.4 Å². The minimum absolute atomic E-state index is 0.0671. The average molecular weight is 594 g/mol. The Morgan fingerprint density at radius 1 is 0.795 bits per heavy atom. The van der Waals surface area contributed by atoms with Gasteiger partial charge in [-0.25, -0.2) is 8.78 Å². The van der Waals surface area contributed by atoms with Crippen LogP contribution in [-0.4, -0.2) is 17.9 Å². The molecule has 5 nitrogen and oxygen atoms in total. The van der Waals surface area contributed by atoms with Crippen molar-refractivity contribution in [2.75, 3.05) is 15.5 Å². The molecule has 2 N–H and O–H groups in total. The molecule has 0 aromatic heterocycles. The van der Waals surface area contributed by atoms with Crippen LogP contribution in [0.15, 0.2) is 78.9 Å². The Bertz CT molecular complexity index is 1690. The molecule has 0 unspecified atom stereocenters. The Labute approximate surface area is 257 Å². The van der Waals surface area contributed by atoms with E-state index < -0.39 is 29.5 Å². The van der Waals surface area contributed by atoms with Crippen molar-refractivity contribution in [3.8, 4) is 0 Å². The second kappa shape index (κ2) is 12.2. The van der Waals surface area contributed by atoms with Gasteiger partial charge in [-0.05, 0) is 116 Å². The van der Waals surface area contributed by atoms with Gasteiger partial charge in [0.05, 0.1) is 17.5 Å². The number of carbonyl (C=O) groups excluding carboxylic acids is 2. The van der Waals surface area contributed by atoms with Crippen molar-refractivity contribution in [2.24, 2.45) is 5.92 Å². The molecule has 44 heavy (non-hydrogen) atoms. The molecule has 2 aliphatic rings. The molecule has 0 spiro atoms. The van der Waals surface area contributed by atoms with Gasteiger partial charge in [0.1, 0.15) is 11.6 Å². The zero-order valence-corrected chi connectivity index (χ0v) is 25.3. The van der Waals surface area contributed by atoms with Crippen LogP contribution in [0.4, 0.5) is 25.8 Å². The molecule has 0 radical (unpaired) electrons. The first-order chi connectivity index (χ1) is 21.2. The molecule has 1 saturated carbocycles. The van der Waals surface area contributed by atoms with Crippen LogP contribution in [0.1, 0.15) is 69.9 Å². The molecule has 4 aromatic carbocycles. The van der Waals surface area contributed by atoms with Gasteiger partial charge in [0.2, 0.25) is 5.91 Å². The van der Waals surface area contributed by atoms with E-state index in [1.54, 1.807) is 25.1 Å². The Hall–Kier alpha value is -4.52. The van der Waals surface area contributed by atoms with E-state index in [0.717, 1.165) is 35.2 Å². The van der Waals surface area contributed by atoms with E-state index in [4.69, 9.17) is 0 Å². The summed E-state index contributed by atoms with van der Waals surface area (Å²) in [5.74, 6) is -2.77. The molecule has 7 heteroatoms. The molecule has 1 fully saturated rings. The maximum Gasteiger partial charge on any atom is 0.262 e. The number of hydrogen-bond acceptors (Lipinski definition) is 3. The second-order valence-electron chi connectivity index (χ2n) is 12.2. The number of anilines is 3. The number of benzene rings is 4. The summed E-state index contributed by atoms with van der Waals surface area (Å²) in [6, 6.07) is 21.9. The van der Waals surface area contributed by atoms with Gasteiger partial charge in [0.25, 0.3) is 5.91 Å². The van der Waals surface area contributed by atoms with Crippen molar-refractivity contribution in [1.82, 2.24) is 0 Å². The fraction of sp³-hybridized carbons (Fsp3) is 0.297. The minimum Gasteiger partial charge on any atom is -0.382 e. The highest BCUT2D eigenvalue weighted by Gasteiger charge is 2.43. The number of rotatable bonds is 6. The largest absolute Gasteiger partial charge is 0.382 e. The van der Waals surface area contributed by atoms with Gasteiger partial charge in [0, 0.05) is 23.1 Å². The summed E-state index contributed by atoms with van der Waals surface area (Å²) in [6.45, 7) is 5.67. The first-order valence-electron chi connectivity index (χ1n) is 15.3. The predicted octanol–water partition coefficient (Wildman–Crippen LogP) is 8.44. The van der Waals surface area contributed by atoms with Crippen LogP contribution in [0.5, 0.6) is 0 Å². The van der Waals surface area contributed by atoms with Crippen LogP contribution in [0.2, 0.25) is 0 Å². The van der Waals surface area contributed by atoms with E-state index in [2.05, 4.69) is 10.6 Å². The number of fused-ring (bicyclic) bond motifs is 1. The van der Waals surface area contributed by atoms with Crippen molar-refractivity contribution in [1.29, 1.82) is 0 Å². The molecular weight excluding hydrogens is 556 g/mol. The van der Waals surface area contributed by atoms with Gasteiger partial charge in [-0.2, -0.15) is 0 Å². The molecule has 0 bridgehead atoms. The first kappa shape index (κ1) is 29.5. The van der Waals surface area contributed by atoms with Crippen molar-refractivity contribution in [3.05, 3.63) is 124 Å². The Kier molecular flexibility index (Phi) is 8.21. The molecule has 1 aliphatic heterocycles. The summed E-state index contributed by atoms with van der Waals surface area (Å²) >= 11 is 0. The summed E-state index contributed by atoms with van der Waals surface area (Å²) in [7, 11) is 0. The van der Waals surface area contributed by atoms with E-state index in [9.17, 15) is 14.0 Å². The van der Waals surface area contributed by atoms with Gasteiger partial charge in [0.15, 0.2) is 0 Å². The van der Waals surface area contributed by atoms with E-state index in [1.165, 1.54) is 35.9 Å². The van der Waals surface area contributed by atoms with Crippen molar-refractivity contribution in [3.63, 3.8) is 0 Å². The van der Waals surface area contributed by atoms with Crippen LogP contribution in [-0.2, 0) is 11.2 Å². The van der Waals surface area contributed by atoms with Crippen LogP contribution in [0.3, 0.4) is 0 Å². The fourth-order valence-corrected chi connectivity index (χ4v) is 6.64. The summed E-state index contributed by atoms with van der Waals surface area (Å²) in [4.78, 5) is 30.1. The van der Waals surface area contributed by atoms with Crippen molar-refractivity contribution < 1.29 is 18.4 Å². The SMILES string of the molecule is Cc1ccc(NC(=O)[C@H]2Cc3cc(F)ccc3N(C(=O)c3c(C)cccc3F)[C@H]2c2ccc(NC3CCCC3)cc2)cc1C. The number of nitrogens with zero attached hydrogens (tertiary/aromatic N) is 1. The van der Waals surface area contributed by atoms with Crippen molar-refractivity contribution in [2.45, 2.75) is 65.0 Å². The third kappa shape index (κ3) is 5.83. The average Bonchev–Trinajstić information content (AvgIpc) is 3.51. The number of halogens is 2. The number of nitrogens with one attached hydrogen (secondary N) is 2. The van der Waals surface area contributed by atoms with E-state index in [0.29, 0.717) is 28.5 Å². The Morgan fingerprint density at radius 2 is 1.52 bits per heavy atom. The zero-order valence-electron chi connectivity index (χ0n) is 25.3. The monoisotopic (exact) mass is 593 g/mol. The Balaban J connectivity index is 1.46. The third-order valence-corrected chi connectivity index (χ3v) is 9.14. The van der Waals surface area contributed by atoms with Crippen LogP contribution in [0, 0.1) is 38.3 Å². The molecule has 4 aromatic rings. The molecule has 6 rings (SSSR count). The summed E-state index contributed by atoms with van der Waals surface area (Å²) in [6.07, 6.45) is 4.88. The zero-order chi connectivity index (χ0) is 31.0. The molecular formula is C37H37F2N3O2. The number of aryl methyl sites for hydroxylation is 3. The highest BCUT2D eigenvalue weighted by atomic mass is 19.1. The van der Waals surface area contributed by atoms with Gasteiger partial charge in [-0.3, -0.25) is 14.5 Å². The van der Waals surface area contributed by atoms with Crippen LogP contribution < -0.4 is 15.5 Å². The lowest BCUT2D eigenvalue weighted by Crippen LogP contribution is -2.47. The number of amides is 2. The van der Waals surface area contributed by atoms with E-state index in [-0.39, 0.29) is 17.9 Å². The van der Waals surface area contributed by atoms with Crippen LogP contribution >= 0.6 is 0 Å². The van der Waals surface area contributed by atoms with E-state index >= 15 is 4.39 Å². The molecule has 2 atom stereocenters. The van der Waals surface area contributed by atoms with Gasteiger partial charge in [-0.15, -0.1) is 0 Å². The van der Waals surface area contributed by atoms with Crippen molar-refractivity contribution >= 4 is 28.9 Å². The number of carbonyl (C=O) groups is 2. The first-order valence-corrected chi connectivity index (χ1v) is 15.3.